The molecule has 1 heterocycles. The predicted octanol–water partition coefficient (Wildman–Crippen LogP) is 3.55. The number of carbonyl (C=O) groups is 1. The van der Waals surface area contributed by atoms with Gasteiger partial charge in [0.1, 0.15) is 5.75 Å². The third-order valence-corrected chi connectivity index (χ3v) is 4.69. The molecule has 25 heavy (non-hydrogen) atoms. The fourth-order valence-corrected chi connectivity index (χ4v) is 3.24. The van der Waals surface area contributed by atoms with Crippen molar-refractivity contribution in [2.75, 3.05) is 13.1 Å². The summed E-state index contributed by atoms with van der Waals surface area (Å²) in [5, 5.41) is 9.48. The lowest BCUT2D eigenvalue weighted by Gasteiger charge is -2.31. The quantitative estimate of drug-likeness (QED) is 0.378. The molecule has 0 spiro atoms. The normalized spacial score (nSPS) is 14.8. The Bertz CT molecular complexity index is 737. The molecule has 1 aliphatic heterocycles. The smallest absolute Gasteiger partial charge is 0.311 e. The van der Waals surface area contributed by atoms with E-state index >= 15 is 0 Å². The minimum Gasteiger partial charge on any atom is -0.426 e. The van der Waals surface area contributed by atoms with Crippen molar-refractivity contribution in [3.63, 3.8) is 0 Å². The van der Waals surface area contributed by atoms with Gasteiger partial charge in [-0.2, -0.15) is 0 Å². The summed E-state index contributed by atoms with van der Waals surface area (Å²) in [6, 6.07) is 13.7. The second-order valence-corrected chi connectivity index (χ2v) is 6.31. The third kappa shape index (κ3) is 4.86. The zero-order chi connectivity index (χ0) is 16.9. The van der Waals surface area contributed by atoms with Crippen molar-refractivity contribution in [2.45, 2.75) is 25.7 Å². The van der Waals surface area contributed by atoms with Gasteiger partial charge < -0.3 is 15.4 Å². The summed E-state index contributed by atoms with van der Waals surface area (Å²) in [7, 11) is 0. The molecule has 3 N–H and O–H groups in total. The molecule has 1 fully saturated rings. The molecule has 2 aromatic rings. The zero-order valence-corrected chi connectivity index (χ0v) is 14.9. The van der Waals surface area contributed by atoms with E-state index in [2.05, 4.69) is 0 Å². The van der Waals surface area contributed by atoms with Gasteiger partial charge in [-0.1, -0.05) is 36.4 Å². The Kier molecular flexibility index (Phi) is 6.65. The van der Waals surface area contributed by atoms with Crippen molar-refractivity contribution in [3.8, 4) is 5.75 Å². The number of nitrogens with zero attached hydrogens (tertiary/aromatic N) is 1. The first-order valence-electron chi connectivity index (χ1n) is 8.41. The van der Waals surface area contributed by atoms with Gasteiger partial charge in [0.25, 0.3) is 0 Å². The van der Waals surface area contributed by atoms with Crippen molar-refractivity contribution in [1.82, 2.24) is 4.90 Å². The van der Waals surface area contributed by atoms with Crippen LogP contribution in [0.5, 0.6) is 5.75 Å². The van der Waals surface area contributed by atoms with E-state index in [1.165, 1.54) is 0 Å². The number of likely N-dealkylation sites (tertiary alicyclic amines) is 1. The highest BCUT2D eigenvalue weighted by Crippen LogP contribution is 2.26. The Hall–Kier alpha value is -2.27. The summed E-state index contributed by atoms with van der Waals surface area (Å²) in [4.78, 5) is 14.1. The molecular weight excluding hydrogens is 338 g/mol. The van der Waals surface area contributed by atoms with Gasteiger partial charge in [0, 0.05) is 24.9 Å². The number of guanidine groups is 1. The van der Waals surface area contributed by atoms with E-state index in [0.717, 1.165) is 43.1 Å². The highest BCUT2D eigenvalue weighted by Gasteiger charge is 2.21. The second kappa shape index (κ2) is 8.72. The standard InChI is InChI=1S/C19H23N3O2.ClH/c20-19(21)22-12-10-14(11-13-22)8-9-18(23)24-17-7-3-5-15-4-1-2-6-16(15)17;/h1-7,14H,8-13H2,(H3,20,21);1H. The molecule has 0 aliphatic carbocycles. The van der Waals surface area contributed by atoms with Crippen LogP contribution >= 0.6 is 12.4 Å². The fraction of sp³-hybridized carbons (Fsp3) is 0.368. The summed E-state index contributed by atoms with van der Waals surface area (Å²) in [6.07, 6.45) is 3.20. The first-order valence-corrected chi connectivity index (χ1v) is 8.41. The molecule has 6 heteroatoms. The topological polar surface area (TPSA) is 79.4 Å². The Morgan fingerprint density at radius 1 is 1.16 bits per heavy atom. The van der Waals surface area contributed by atoms with Gasteiger partial charge in [-0.05, 0) is 36.6 Å². The van der Waals surface area contributed by atoms with E-state index in [-0.39, 0.29) is 24.3 Å². The summed E-state index contributed by atoms with van der Waals surface area (Å²) in [5.74, 6) is 1.09. The molecule has 2 aromatic carbocycles. The van der Waals surface area contributed by atoms with E-state index < -0.39 is 0 Å². The van der Waals surface area contributed by atoms with Crippen LogP contribution in [-0.4, -0.2) is 29.9 Å². The predicted molar refractivity (Wildman–Crippen MR) is 102 cm³/mol. The molecule has 1 saturated heterocycles. The minimum absolute atomic E-state index is 0. The third-order valence-electron chi connectivity index (χ3n) is 4.69. The first-order chi connectivity index (χ1) is 11.6. The van der Waals surface area contributed by atoms with Gasteiger partial charge >= 0.3 is 5.97 Å². The molecule has 0 saturated carbocycles. The van der Waals surface area contributed by atoms with Gasteiger partial charge in [-0.25, -0.2) is 0 Å². The summed E-state index contributed by atoms with van der Waals surface area (Å²) >= 11 is 0. The van der Waals surface area contributed by atoms with E-state index in [0.29, 0.717) is 18.1 Å². The van der Waals surface area contributed by atoms with Crippen LogP contribution in [0.1, 0.15) is 25.7 Å². The number of nitrogens with one attached hydrogen (secondary N) is 1. The van der Waals surface area contributed by atoms with Crippen LogP contribution in [0, 0.1) is 11.3 Å². The van der Waals surface area contributed by atoms with Crippen LogP contribution < -0.4 is 10.5 Å². The molecule has 0 atom stereocenters. The molecule has 3 rings (SSSR count). The number of hydrogen-bond donors (Lipinski definition) is 2. The SMILES string of the molecule is Cl.N=C(N)N1CCC(CCC(=O)Oc2cccc3ccccc23)CC1. The second-order valence-electron chi connectivity index (χ2n) is 6.31. The fourth-order valence-electron chi connectivity index (χ4n) is 3.24. The lowest BCUT2D eigenvalue weighted by atomic mass is 9.92. The molecule has 0 amide bonds. The van der Waals surface area contributed by atoms with Crippen LogP contribution in [0.2, 0.25) is 0 Å². The van der Waals surface area contributed by atoms with Crippen LogP contribution in [0.25, 0.3) is 10.8 Å². The van der Waals surface area contributed by atoms with Gasteiger partial charge in [0.15, 0.2) is 5.96 Å². The molecule has 0 unspecified atom stereocenters. The number of benzene rings is 2. The van der Waals surface area contributed by atoms with E-state index in [1.807, 2.05) is 47.4 Å². The number of nitrogens with two attached hydrogens (primary N) is 1. The number of piperidine rings is 1. The Balaban J connectivity index is 0.00000225. The van der Waals surface area contributed by atoms with Crippen molar-refractivity contribution >= 4 is 35.1 Å². The van der Waals surface area contributed by atoms with Crippen molar-refractivity contribution in [3.05, 3.63) is 42.5 Å². The summed E-state index contributed by atoms with van der Waals surface area (Å²) in [5.41, 5.74) is 5.50. The molecule has 0 bridgehead atoms. The monoisotopic (exact) mass is 361 g/mol. The lowest BCUT2D eigenvalue weighted by molar-refractivity contribution is -0.134. The largest absolute Gasteiger partial charge is 0.426 e. The zero-order valence-electron chi connectivity index (χ0n) is 14.1. The van der Waals surface area contributed by atoms with Gasteiger partial charge in [-0.3, -0.25) is 10.2 Å². The van der Waals surface area contributed by atoms with Crippen molar-refractivity contribution in [2.24, 2.45) is 11.7 Å². The summed E-state index contributed by atoms with van der Waals surface area (Å²) < 4.78 is 5.57. The van der Waals surface area contributed by atoms with Gasteiger partial charge in [-0.15, -0.1) is 12.4 Å². The van der Waals surface area contributed by atoms with Gasteiger partial charge in [0.05, 0.1) is 0 Å². The Labute approximate surface area is 154 Å². The number of hydrogen-bond acceptors (Lipinski definition) is 3. The molecular formula is C19H24ClN3O2. The summed E-state index contributed by atoms with van der Waals surface area (Å²) in [6.45, 7) is 1.61. The lowest BCUT2D eigenvalue weighted by Crippen LogP contribution is -2.42. The molecule has 0 aromatic heterocycles. The van der Waals surface area contributed by atoms with E-state index in [1.54, 1.807) is 0 Å². The molecule has 5 nitrogen and oxygen atoms in total. The highest BCUT2D eigenvalue weighted by molar-refractivity contribution is 5.90. The number of ether oxygens (including phenoxy) is 1. The maximum absolute atomic E-state index is 12.2. The van der Waals surface area contributed by atoms with E-state index in [4.69, 9.17) is 15.9 Å². The maximum Gasteiger partial charge on any atom is 0.311 e. The Morgan fingerprint density at radius 3 is 2.56 bits per heavy atom. The van der Waals surface area contributed by atoms with Crippen LogP contribution in [0.4, 0.5) is 0 Å². The maximum atomic E-state index is 12.2. The Morgan fingerprint density at radius 2 is 1.84 bits per heavy atom. The number of esters is 1. The van der Waals surface area contributed by atoms with Crippen LogP contribution in [-0.2, 0) is 4.79 Å². The average Bonchev–Trinajstić information content (AvgIpc) is 2.61. The number of rotatable bonds is 4. The molecule has 1 aliphatic rings. The number of halogens is 1. The first kappa shape index (κ1) is 19.1. The van der Waals surface area contributed by atoms with Crippen LogP contribution in [0.15, 0.2) is 42.5 Å². The molecule has 134 valence electrons. The van der Waals surface area contributed by atoms with Crippen LogP contribution in [0.3, 0.4) is 0 Å². The number of carbonyl (C=O) groups excluding carboxylic acids is 1. The number of fused-ring (bicyclic) bond motifs is 1. The molecule has 0 radical (unpaired) electrons. The van der Waals surface area contributed by atoms with E-state index in [9.17, 15) is 4.79 Å². The van der Waals surface area contributed by atoms with Crippen molar-refractivity contribution < 1.29 is 9.53 Å². The van der Waals surface area contributed by atoms with Crippen molar-refractivity contribution in [1.29, 1.82) is 5.41 Å². The van der Waals surface area contributed by atoms with Gasteiger partial charge in [0.2, 0.25) is 0 Å². The highest BCUT2D eigenvalue weighted by atomic mass is 35.5. The average molecular weight is 362 g/mol. The minimum atomic E-state index is -0.180.